The van der Waals surface area contributed by atoms with E-state index in [0.717, 1.165) is 24.0 Å². The van der Waals surface area contributed by atoms with E-state index in [0.29, 0.717) is 12.6 Å². The molecule has 0 amide bonds. The second-order valence-electron chi connectivity index (χ2n) is 3.23. The van der Waals surface area contributed by atoms with Gasteiger partial charge in [0.15, 0.2) is 11.6 Å². The minimum absolute atomic E-state index is 0.112. The van der Waals surface area contributed by atoms with Crippen LogP contribution in [0.5, 0.6) is 0 Å². The largest absolute Gasteiger partial charge is 0.382 e. The van der Waals surface area contributed by atoms with Gasteiger partial charge >= 0.3 is 0 Å². The lowest BCUT2D eigenvalue weighted by atomic mass is 10.2. The Kier molecular flexibility index (Phi) is 5.52. The normalized spacial score (nSPS) is 10.5. The third-order valence-electron chi connectivity index (χ3n) is 1.98. The summed E-state index contributed by atoms with van der Waals surface area (Å²) >= 11 is 1.77. The van der Waals surface area contributed by atoms with Crippen LogP contribution in [0.25, 0.3) is 0 Å². The molecule has 1 rings (SSSR count). The zero-order chi connectivity index (χ0) is 12.0. The summed E-state index contributed by atoms with van der Waals surface area (Å²) in [7, 11) is 0. The second-order valence-corrected chi connectivity index (χ2v) is 4.62. The molecule has 0 saturated heterocycles. The van der Waals surface area contributed by atoms with Crippen molar-refractivity contribution in [2.75, 3.05) is 23.4 Å². The summed E-state index contributed by atoms with van der Waals surface area (Å²) in [4.78, 5) is 0. The molecule has 0 fully saturated rings. The molecular formula is C11H14F3NS. The fourth-order valence-corrected chi connectivity index (χ4v) is 1.86. The first kappa shape index (κ1) is 13.2. The van der Waals surface area contributed by atoms with E-state index in [2.05, 4.69) is 12.2 Å². The van der Waals surface area contributed by atoms with Gasteiger partial charge in [0.1, 0.15) is 5.82 Å². The van der Waals surface area contributed by atoms with Crippen LogP contribution in [0.15, 0.2) is 12.1 Å². The van der Waals surface area contributed by atoms with E-state index < -0.39 is 17.5 Å². The molecule has 0 aromatic heterocycles. The molecule has 0 aliphatic rings. The van der Waals surface area contributed by atoms with Crippen LogP contribution in [-0.2, 0) is 0 Å². The van der Waals surface area contributed by atoms with Gasteiger partial charge in [0.25, 0.3) is 0 Å². The first-order valence-corrected chi connectivity index (χ1v) is 6.26. The van der Waals surface area contributed by atoms with Crippen molar-refractivity contribution in [3.05, 3.63) is 29.6 Å². The number of anilines is 1. The predicted octanol–water partition coefficient (Wildman–Crippen LogP) is 3.66. The number of halogens is 3. The maximum Gasteiger partial charge on any atom is 0.182 e. The summed E-state index contributed by atoms with van der Waals surface area (Å²) in [6, 6.07) is 1.50. The Morgan fingerprint density at radius 2 is 2.00 bits per heavy atom. The zero-order valence-electron chi connectivity index (χ0n) is 9.03. The van der Waals surface area contributed by atoms with Gasteiger partial charge in [-0.2, -0.15) is 11.8 Å². The molecule has 0 bridgehead atoms. The van der Waals surface area contributed by atoms with E-state index in [1.54, 1.807) is 11.8 Å². The summed E-state index contributed by atoms with van der Waals surface area (Å²) in [5.74, 6) is -0.981. The molecule has 90 valence electrons. The van der Waals surface area contributed by atoms with Gasteiger partial charge in [0, 0.05) is 18.7 Å². The molecule has 1 aromatic rings. The molecule has 0 aliphatic heterocycles. The maximum absolute atomic E-state index is 13.1. The minimum atomic E-state index is -1.16. The Hall–Kier alpha value is -0.840. The number of thioether (sulfide) groups is 1. The molecule has 1 N–H and O–H groups in total. The number of rotatable bonds is 6. The van der Waals surface area contributed by atoms with Crippen LogP contribution in [0.4, 0.5) is 18.9 Å². The van der Waals surface area contributed by atoms with Gasteiger partial charge in [-0.15, -0.1) is 0 Å². The predicted molar refractivity (Wildman–Crippen MR) is 62.4 cm³/mol. The summed E-state index contributed by atoms with van der Waals surface area (Å²) in [5, 5.41) is 2.69. The molecular weight excluding hydrogens is 235 g/mol. The van der Waals surface area contributed by atoms with Gasteiger partial charge < -0.3 is 5.32 Å². The highest BCUT2D eigenvalue weighted by molar-refractivity contribution is 7.99. The van der Waals surface area contributed by atoms with Gasteiger partial charge in [-0.05, 0) is 17.9 Å². The van der Waals surface area contributed by atoms with E-state index in [1.165, 1.54) is 0 Å². The average Bonchev–Trinajstić information content (AvgIpc) is 2.24. The van der Waals surface area contributed by atoms with Crippen LogP contribution in [0, 0.1) is 17.5 Å². The maximum atomic E-state index is 13.1. The lowest BCUT2D eigenvalue weighted by Gasteiger charge is -2.07. The molecule has 0 atom stereocenters. The van der Waals surface area contributed by atoms with Crippen molar-refractivity contribution in [2.24, 2.45) is 0 Å². The summed E-state index contributed by atoms with van der Waals surface area (Å²) in [6.45, 7) is 2.56. The van der Waals surface area contributed by atoms with Crippen molar-refractivity contribution in [3.63, 3.8) is 0 Å². The van der Waals surface area contributed by atoms with Crippen molar-refractivity contribution < 1.29 is 13.2 Å². The van der Waals surface area contributed by atoms with Crippen LogP contribution in [0.3, 0.4) is 0 Å². The third-order valence-corrected chi connectivity index (χ3v) is 2.96. The fourth-order valence-electron chi connectivity index (χ4n) is 1.23. The van der Waals surface area contributed by atoms with Crippen molar-refractivity contribution in [1.29, 1.82) is 0 Å². The van der Waals surface area contributed by atoms with E-state index in [-0.39, 0.29) is 5.69 Å². The van der Waals surface area contributed by atoms with Gasteiger partial charge in [0.05, 0.1) is 5.69 Å². The van der Waals surface area contributed by atoms with Crippen LogP contribution in [0.1, 0.15) is 13.3 Å². The second kappa shape index (κ2) is 6.68. The molecule has 1 aromatic carbocycles. The first-order chi connectivity index (χ1) is 7.65. The monoisotopic (exact) mass is 249 g/mol. The summed E-state index contributed by atoms with van der Waals surface area (Å²) < 4.78 is 38.7. The van der Waals surface area contributed by atoms with Gasteiger partial charge in [-0.3, -0.25) is 0 Å². The number of hydrogen-bond acceptors (Lipinski definition) is 2. The van der Waals surface area contributed by atoms with E-state index >= 15 is 0 Å². The van der Waals surface area contributed by atoms with Crippen molar-refractivity contribution in [2.45, 2.75) is 13.3 Å². The summed E-state index contributed by atoms with van der Waals surface area (Å²) in [5.41, 5.74) is -0.112. The molecule has 0 radical (unpaired) electrons. The lowest BCUT2D eigenvalue weighted by molar-refractivity contribution is 0.497. The average molecular weight is 249 g/mol. The van der Waals surface area contributed by atoms with Crippen molar-refractivity contribution >= 4 is 17.4 Å². The van der Waals surface area contributed by atoms with Crippen molar-refractivity contribution in [1.82, 2.24) is 0 Å². The standard InChI is InChI=1S/C11H14F3NS/c1-2-16-5-3-4-15-10-7-8(12)6-9(13)11(10)14/h6-7,15H,2-5H2,1H3. The molecule has 1 nitrogen and oxygen atoms in total. The molecule has 0 heterocycles. The molecule has 0 saturated carbocycles. The SMILES string of the molecule is CCSCCCNc1cc(F)cc(F)c1F. The highest BCUT2D eigenvalue weighted by Gasteiger charge is 2.10. The van der Waals surface area contributed by atoms with Gasteiger partial charge in [-0.25, -0.2) is 13.2 Å². The van der Waals surface area contributed by atoms with Crippen LogP contribution in [-0.4, -0.2) is 18.1 Å². The topological polar surface area (TPSA) is 12.0 Å². The molecule has 5 heteroatoms. The smallest absolute Gasteiger partial charge is 0.182 e. The first-order valence-electron chi connectivity index (χ1n) is 5.11. The van der Waals surface area contributed by atoms with Crippen LogP contribution < -0.4 is 5.32 Å². The molecule has 0 unspecified atom stereocenters. The van der Waals surface area contributed by atoms with Gasteiger partial charge in [0.2, 0.25) is 0 Å². The number of benzene rings is 1. The highest BCUT2D eigenvalue weighted by atomic mass is 32.2. The van der Waals surface area contributed by atoms with E-state index in [1.807, 2.05) is 0 Å². The Morgan fingerprint density at radius 3 is 2.69 bits per heavy atom. The fraction of sp³-hybridized carbons (Fsp3) is 0.455. The summed E-state index contributed by atoms with van der Waals surface area (Å²) in [6.07, 6.45) is 0.829. The quantitative estimate of drug-likeness (QED) is 0.610. The lowest BCUT2D eigenvalue weighted by Crippen LogP contribution is -2.06. The number of hydrogen-bond donors (Lipinski definition) is 1. The van der Waals surface area contributed by atoms with Gasteiger partial charge in [-0.1, -0.05) is 6.92 Å². The van der Waals surface area contributed by atoms with E-state index in [9.17, 15) is 13.2 Å². The van der Waals surface area contributed by atoms with Crippen LogP contribution >= 0.6 is 11.8 Å². The Bertz CT molecular complexity index is 344. The molecule has 16 heavy (non-hydrogen) atoms. The Labute approximate surface area is 97.4 Å². The zero-order valence-corrected chi connectivity index (χ0v) is 9.84. The molecule has 0 spiro atoms. The van der Waals surface area contributed by atoms with Crippen molar-refractivity contribution in [3.8, 4) is 0 Å². The minimum Gasteiger partial charge on any atom is -0.382 e. The highest BCUT2D eigenvalue weighted by Crippen LogP contribution is 2.19. The molecule has 0 aliphatic carbocycles. The number of nitrogens with one attached hydrogen (secondary N) is 1. The Balaban J connectivity index is 2.47. The van der Waals surface area contributed by atoms with Crippen LogP contribution in [0.2, 0.25) is 0 Å². The Morgan fingerprint density at radius 1 is 1.25 bits per heavy atom. The van der Waals surface area contributed by atoms with E-state index in [4.69, 9.17) is 0 Å². The third kappa shape index (κ3) is 3.96.